The van der Waals surface area contributed by atoms with E-state index in [0.717, 1.165) is 48.7 Å². The first-order chi connectivity index (χ1) is 15.5. The molecule has 0 saturated carbocycles. The number of carbonyl (C=O) groups excluding carboxylic acids is 1. The molecule has 0 aliphatic heterocycles. The van der Waals surface area contributed by atoms with Crippen LogP contribution in [0.2, 0.25) is 0 Å². The number of primary amides is 1. The van der Waals surface area contributed by atoms with Gasteiger partial charge in [0.05, 0.1) is 18.1 Å². The van der Waals surface area contributed by atoms with Crippen LogP contribution in [0, 0.1) is 6.07 Å². The molecule has 0 aliphatic rings. The smallest absolute Gasteiger partial charge is 0.249 e. The number of ether oxygens (including phenoxy) is 1. The molecule has 0 spiro atoms. The number of nitrogens with two attached hydrogens (primary N) is 1. The second kappa shape index (κ2) is 8.17. The van der Waals surface area contributed by atoms with Gasteiger partial charge < -0.3 is 15.0 Å². The van der Waals surface area contributed by atoms with Crippen LogP contribution in [0.25, 0.3) is 32.9 Å². The first-order valence-electron chi connectivity index (χ1n) is 10.2. The van der Waals surface area contributed by atoms with Crippen LogP contribution >= 0.6 is 15.9 Å². The summed E-state index contributed by atoms with van der Waals surface area (Å²) in [4.78, 5) is 12.2. The van der Waals surface area contributed by atoms with Gasteiger partial charge in [0.1, 0.15) is 5.75 Å². The fraction of sp³-hybridized carbons (Fsp3) is 0.0741. The Morgan fingerprint density at radius 1 is 1.00 bits per heavy atom. The minimum Gasteiger partial charge on any atom is -0.497 e. The summed E-state index contributed by atoms with van der Waals surface area (Å²) in [6.07, 6.45) is 0. The minimum absolute atomic E-state index is 0.440. The quantitative estimate of drug-likeness (QED) is 0.324. The molecule has 0 atom stereocenters. The van der Waals surface area contributed by atoms with Crippen molar-refractivity contribution in [3.05, 3.63) is 101 Å². The molecule has 1 aromatic heterocycles. The number of fused-ring (bicyclic) bond motifs is 3. The van der Waals surface area contributed by atoms with Crippen LogP contribution in [-0.2, 0) is 6.54 Å². The molecule has 0 unspecified atom stereocenters. The maximum Gasteiger partial charge on any atom is 0.249 e. The van der Waals surface area contributed by atoms with E-state index in [0.29, 0.717) is 12.1 Å². The Labute approximate surface area is 194 Å². The highest BCUT2D eigenvalue weighted by Gasteiger charge is 2.17. The molecule has 5 heteroatoms. The monoisotopic (exact) mass is 483 g/mol. The Bertz CT molecular complexity index is 1470. The molecule has 5 rings (SSSR count). The van der Waals surface area contributed by atoms with E-state index in [1.54, 1.807) is 13.2 Å². The van der Waals surface area contributed by atoms with Crippen LogP contribution in [0.4, 0.5) is 0 Å². The molecule has 4 aromatic carbocycles. The van der Waals surface area contributed by atoms with Gasteiger partial charge in [0.2, 0.25) is 5.91 Å². The van der Waals surface area contributed by atoms with E-state index in [9.17, 15) is 4.79 Å². The molecule has 157 valence electrons. The summed E-state index contributed by atoms with van der Waals surface area (Å²) in [7, 11) is 1.66. The largest absolute Gasteiger partial charge is 0.497 e. The van der Waals surface area contributed by atoms with Crippen molar-refractivity contribution in [2.75, 3.05) is 7.11 Å². The van der Waals surface area contributed by atoms with E-state index in [-0.39, 0.29) is 0 Å². The highest BCUT2D eigenvalue weighted by atomic mass is 79.9. The van der Waals surface area contributed by atoms with Crippen molar-refractivity contribution >= 4 is 43.6 Å². The van der Waals surface area contributed by atoms with Crippen LogP contribution in [-0.4, -0.2) is 17.6 Å². The molecular formula is C27H20BrN2O2. The lowest BCUT2D eigenvalue weighted by molar-refractivity contribution is 0.100. The summed E-state index contributed by atoms with van der Waals surface area (Å²) in [6.45, 7) is 0.654. The third kappa shape index (κ3) is 3.55. The fourth-order valence-electron chi connectivity index (χ4n) is 4.20. The van der Waals surface area contributed by atoms with E-state index in [1.165, 1.54) is 0 Å². The first kappa shape index (κ1) is 20.3. The molecule has 0 fully saturated rings. The number of halogens is 1. The lowest BCUT2D eigenvalue weighted by Gasteiger charge is -2.10. The van der Waals surface area contributed by atoms with Gasteiger partial charge in [-0.1, -0.05) is 46.3 Å². The average Bonchev–Trinajstić information content (AvgIpc) is 3.12. The van der Waals surface area contributed by atoms with Gasteiger partial charge in [0, 0.05) is 27.4 Å². The van der Waals surface area contributed by atoms with Crippen LogP contribution in [0.1, 0.15) is 15.9 Å². The number of nitrogens with zero attached hydrogens (tertiary/aromatic N) is 1. The number of methoxy groups -OCH3 is 1. The molecule has 0 aliphatic carbocycles. The SMILES string of the molecule is COc1ccc(-c2c[c]c3c4c(C(N)=O)cccc4n(Cc4cccc(Br)c4)c3c2)cc1. The van der Waals surface area contributed by atoms with E-state index in [4.69, 9.17) is 10.5 Å². The molecule has 4 nitrogen and oxygen atoms in total. The minimum atomic E-state index is -0.440. The van der Waals surface area contributed by atoms with Crippen LogP contribution in [0.3, 0.4) is 0 Å². The Morgan fingerprint density at radius 3 is 2.50 bits per heavy atom. The third-order valence-electron chi connectivity index (χ3n) is 5.71. The summed E-state index contributed by atoms with van der Waals surface area (Å²) >= 11 is 3.56. The maximum absolute atomic E-state index is 12.2. The predicted octanol–water partition coefficient (Wildman–Crippen LogP) is 6.18. The summed E-state index contributed by atoms with van der Waals surface area (Å²) in [5.41, 5.74) is 11.4. The topological polar surface area (TPSA) is 57.2 Å². The molecule has 5 aromatic rings. The molecular weight excluding hydrogens is 464 g/mol. The predicted molar refractivity (Wildman–Crippen MR) is 132 cm³/mol. The Kier molecular flexibility index (Phi) is 5.19. The van der Waals surface area contributed by atoms with E-state index < -0.39 is 5.91 Å². The molecule has 2 N–H and O–H groups in total. The zero-order chi connectivity index (χ0) is 22.2. The zero-order valence-corrected chi connectivity index (χ0v) is 19.0. The van der Waals surface area contributed by atoms with E-state index in [2.05, 4.69) is 44.8 Å². The van der Waals surface area contributed by atoms with E-state index in [1.807, 2.05) is 54.6 Å². The van der Waals surface area contributed by atoms with Gasteiger partial charge in [0.15, 0.2) is 0 Å². The molecule has 1 amide bonds. The number of rotatable bonds is 5. The summed E-state index contributed by atoms with van der Waals surface area (Å²) < 4.78 is 8.54. The number of carbonyl (C=O) groups is 1. The van der Waals surface area contributed by atoms with Crippen molar-refractivity contribution in [1.29, 1.82) is 0 Å². The molecule has 1 heterocycles. The highest BCUT2D eigenvalue weighted by molar-refractivity contribution is 9.10. The van der Waals surface area contributed by atoms with Gasteiger partial charge in [-0.15, -0.1) is 0 Å². The molecule has 0 saturated heterocycles. The third-order valence-corrected chi connectivity index (χ3v) is 6.21. The van der Waals surface area contributed by atoms with Gasteiger partial charge >= 0.3 is 0 Å². The number of aromatic nitrogens is 1. The first-order valence-corrected chi connectivity index (χ1v) is 11.0. The highest BCUT2D eigenvalue weighted by Crippen LogP contribution is 2.35. The van der Waals surface area contributed by atoms with Crippen molar-refractivity contribution in [2.24, 2.45) is 5.73 Å². The van der Waals surface area contributed by atoms with Gasteiger partial charge in [0.25, 0.3) is 0 Å². The molecule has 32 heavy (non-hydrogen) atoms. The summed E-state index contributed by atoms with van der Waals surface area (Å²) in [5.74, 6) is 0.374. The van der Waals surface area contributed by atoms with Crippen molar-refractivity contribution < 1.29 is 9.53 Å². The standard InChI is InChI=1S/C27H20BrN2O2/c1-32-21-11-8-18(9-12-21)19-10-13-22-25(15-19)30(16-17-4-2-5-20(28)14-17)24-7-3-6-23(26(22)24)27(29)31/h2-12,14-15H,16H2,1H3,(H2,29,31). The van der Waals surface area contributed by atoms with Crippen molar-refractivity contribution in [3.8, 4) is 16.9 Å². The van der Waals surface area contributed by atoms with Crippen LogP contribution in [0.5, 0.6) is 5.75 Å². The number of hydrogen-bond donors (Lipinski definition) is 1. The van der Waals surface area contributed by atoms with Crippen molar-refractivity contribution in [2.45, 2.75) is 6.54 Å². The average molecular weight is 484 g/mol. The van der Waals surface area contributed by atoms with Gasteiger partial charge in [-0.05, 0) is 71.3 Å². The van der Waals surface area contributed by atoms with E-state index >= 15 is 0 Å². The normalized spacial score (nSPS) is 11.2. The van der Waals surface area contributed by atoms with Crippen molar-refractivity contribution in [1.82, 2.24) is 4.57 Å². The molecule has 1 radical (unpaired) electrons. The lowest BCUT2D eigenvalue weighted by atomic mass is 10.0. The second-order valence-corrected chi connectivity index (χ2v) is 8.57. The molecule has 0 bridgehead atoms. The zero-order valence-electron chi connectivity index (χ0n) is 17.4. The van der Waals surface area contributed by atoms with Crippen LogP contribution < -0.4 is 10.5 Å². The second-order valence-electron chi connectivity index (χ2n) is 7.66. The number of amides is 1. The van der Waals surface area contributed by atoms with Crippen molar-refractivity contribution in [3.63, 3.8) is 0 Å². The number of hydrogen-bond acceptors (Lipinski definition) is 2. The van der Waals surface area contributed by atoms with Crippen LogP contribution in [0.15, 0.2) is 83.3 Å². The Balaban J connectivity index is 1.76. The summed E-state index contributed by atoms with van der Waals surface area (Å²) in [6, 6.07) is 29.4. The lowest BCUT2D eigenvalue weighted by Crippen LogP contribution is -2.11. The maximum atomic E-state index is 12.2. The van der Waals surface area contributed by atoms with Gasteiger partial charge in [-0.25, -0.2) is 0 Å². The van der Waals surface area contributed by atoms with Gasteiger partial charge in [-0.2, -0.15) is 0 Å². The fourth-order valence-corrected chi connectivity index (χ4v) is 4.65. The van der Waals surface area contributed by atoms with Gasteiger partial charge in [-0.3, -0.25) is 4.79 Å². The Hall–Kier alpha value is -3.57. The number of benzene rings is 4. The Morgan fingerprint density at radius 2 is 1.78 bits per heavy atom. The summed E-state index contributed by atoms with van der Waals surface area (Å²) in [5, 5.41) is 1.73.